The number of aromatic nitrogens is 3. The summed E-state index contributed by atoms with van der Waals surface area (Å²) in [5.41, 5.74) is 1.28. The number of hydrogen-bond donors (Lipinski definition) is 0. The van der Waals surface area contributed by atoms with E-state index in [4.69, 9.17) is 0 Å². The fourth-order valence-corrected chi connectivity index (χ4v) is 4.15. The smallest absolute Gasteiger partial charge is 0.191 e. The van der Waals surface area contributed by atoms with E-state index in [1.807, 2.05) is 12.1 Å². The summed E-state index contributed by atoms with van der Waals surface area (Å²) in [6, 6.07) is 12.5. The number of rotatable bonds is 5. The standard InChI is InChI=1S/C15H14BrN3S2/c1-2-19-14(13-7-4-8-20-13)17-18-15(19)21-10-11-5-3-6-12(16)9-11/h3-9H,2,10H2,1H3. The Morgan fingerprint density at radius 3 is 2.86 bits per heavy atom. The van der Waals surface area contributed by atoms with Crippen molar-refractivity contribution in [1.82, 2.24) is 14.8 Å². The van der Waals surface area contributed by atoms with Crippen LogP contribution in [0.4, 0.5) is 0 Å². The summed E-state index contributed by atoms with van der Waals surface area (Å²) in [7, 11) is 0. The molecular weight excluding hydrogens is 366 g/mol. The Balaban J connectivity index is 1.80. The summed E-state index contributed by atoms with van der Waals surface area (Å²) >= 11 is 6.93. The third-order valence-electron chi connectivity index (χ3n) is 3.03. The van der Waals surface area contributed by atoms with Crippen LogP contribution in [-0.2, 0) is 12.3 Å². The molecule has 3 rings (SSSR count). The maximum absolute atomic E-state index is 4.35. The lowest BCUT2D eigenvalue weighted by Gasteiger charge is -2.06. The van der Waals surface area contributed by atoms with E-state index in [1.165, 1.54) is 10.4 Å². The van der Waals surface area contributed by atoms with E-state index in [0.717, 1.165) is 27.8 Å². The largest absolute Gasteiger partial charge is 0.302 e. The molecule has 21 heavy (non-hydrogen) atoms. The zero-order chi connectivity index (χ0) is 14.7. The first-order chi connectivity index (χ1) is 10.3. The van der Waals surface area contributed by atoms with Crippen LogP contribution in [0.1, 0.15) is 12.5 Å². The maximum Gasteiger partial charge on any atom is 0.191 e. The highest BCUT2D eigenvalue weighted by Crippen LogP contribution is 2.29. The summed E-state index contributed by atoms with van der Waals surface area (Å²) in [6.45, 7) is 3.00. The molecule has 0 saturated heterocycles. The second-order valence-electron chi connectivity index (χ2n) is 4.45. The molecule has 0 amide bonds. The molecule has 0 aliphatic heterocycles. The van der Waals surface area contributed by atoms with Crippen LogP contribution in [0.2, 0.25) is 0 Å². The Labute approximate surface area is 140 Å². The van der Waals surface area contributed by atoms with Crippen molar-refractivity contribution in [1.29, 1.82) is 0 Å². The number of nitrogens with zero attached hydrogens (tertiary/aromatic N) is 3. The van der Waals surface area contributed by atoms with Gasteiger partial charge in [-0.25, -0.2) is 0 Å². The molecule has 108 valence electrons. The molecule has 0 unspecified atom stereocenters. The van der Waals surface area contributed by atoms with Crippen molar-refractivity contribution in [2.75, 3.05) is 0 Å². The molecule has 2 heterocycles. The van der Waals surface area contributed by atoms with Gasteiger partial charge in [-0.05, 0) is 36.1 Å². The van der Waals surface area contributed by atoms with Crippen molar-refractivity contribution in [2.24, 2.45) is 0 Å². The lowest BCUT2D eigenvalue weighted by atomic mass is 10.2. The van der Waals surface area contributed by atoms with Crippen LogP contribution in [0.15, 0.2) is 51.4 Å². The zero-order valence-corrected chi connectivity index (χ0v) is 14.7. The zero-order valence-electron chi connectivity index (χ0n) is 11.5. The first-order valence-corrected chi connectivity index (χ1v) is 9.28. The summed E-state index contributed by atoms with van der Waals surface area (Å²) in [5, 5.41) is 11.7. The minimum atomic E-state index is 0.876. The third-order valence-corrected chi connectivity index (χ3v) is 5.43. The number of hydrogen-bond acceptors (Lipinski definition) is 4. The maximum atomic E-state index is 4.35. The molecule has 0 bridgehead atoms. The topological polar surface area (TPSA) is 30.7 Å². The van der Waals surface area contributed by atoms with Crippen LogP contribution >= 0.6 is 39.0 Å². The van der Waals surface area contributed by atoms with Gasteiger partial charge >= 0.3 is 0 Å². The van der Waals surface area contributed by atoms with Crippen molar-refractivity contribution in [2.45, 2.75) is 24.4 Å². The summed E-state index contributed by atoms with van der Waals surface area (Å²) in [6.07, 6.45) is 0. The van der Waals surface area contributed by atoms with Crippen molar-refractivity contribution in [3.05, 3.63) is 51.8 Å². The molecule has 0 saturated carbocycles. The molecule has 0 N–H and O–H groups in total. The van der Waals surface area contributed by atoms with Crippen LogP contribution in [0.3, 0.4) is 0 Å². The van der Waals surface area contributed by atoms with Crippen molar-refractivity contribution < 1.29 is 0 Å². The van der Waals surface area contributed by atoms with E-state index < -0.39 is 0 Å². The van der Waals surface area contributed by atoms with Crippen LogP contribution in [-0.4, -0.2) is 14.8 Å². The second kappa shape index (κ2) is 6.77. The fourth-order valence-electron chi connectivity index (χ4n) is 2.04. The monoisotopic (exact) mass is 379 g/mol. The van der Waals surface area contributed by atoms with E-state index >= 15 is 0 Å². The van der Waals surface area contributed by atoms with Gasteiger partial charge < -0.3 is 4.57 Å². The van der Waals surface area contributed by atoms with Crippen molar-refractivity contribution in [3.8, 4) is 10.7 Å². The highest BCUT2D eigenvalue weighted by atomic mass is 79.9. The van der Waals surface area contributed by atoms with Gasteiger partial charge in [0.05, 0.1) is 4.88 Å². The quantitative estimate of drug-likeness (QED) is 0.579. The molecule has 6 heteroatoms. The Morgan fingerprint density at radius 1 is 1.24 bits per heavy atom. The molecular formula is C15H14BrN3S2. The van der Waals surface area contributed by atoms with Crippen molar-refractivity contribution in [3.63, 3.8) is 0 Å². The minimum absolute atomic E-state index is 0.876. The fraction of sp³-hybridized carbons (Fsp3) is 0.200. The van der Waals surface area contributed by atoms with E-state index in [-0.39, 0.29) is 0 Å². The highest BCUT2D eigenvalue weighted by Gasteiger charge is 2.13. The molecule has 0 spiro atoms. The first kappa shape index (κ1) is 14.8. The Kier molecular flexibility index (Phi) is 4.77. The van der Waals surface area contributed by atoms with E-state index in [9.17, 15) is 0 Å². The van der Waals surface area contributed by atoms with Crippen LogP contribution in [0.25, 0.3) is 10.7 Å². The molecule has 0 aliphatic carbocycles. The lowest BCUT2D eigenvalue weighted by molar-refractivity contribution is 0.688. The Hall–Kier alpha value is -1.11. The van der Waals surface area contributed by atoms with Crippen LogP contribution < -0.4 is 0 Å². The highest BCUT2D eigenvalue weighted by molar-refractivity contribution is 9.10. The Morgan fingerprint density at radius 2 is 2.14 bits per heavy atom. The van der Waals surface area contributed by atoms with Gasteiger partial charge in [-0.2, -0.15) is 0 Å². The van der Waals surface area contributed by atoms with Crippen LogP contribution in [0.5, 0.6) is 0 Å². The lowest BCUT2D eigenvalue weighted by Crippen LogP contribution is -1.99. The molecule has 2 aromatic heterocycles. The van der Waals surface area contributed by atoms with Gasteiger partial charge in [0.2, 0.25) is 0 Å². The molecule has 1 aromatic carbocycles. The van der Waals surface area contributed by atoms with Gasteiger partial charge in [0.25, 0.3) is 0 Å². The van der Waals surface area contributed by atoms with Gasteiger partial charge in [0, 0.05) is 16.8 Å². The third kappa shape index (κ3) is 3.39. The minimum Gasteiger partial charge on any atom is -0.302 e. The average Bonchev–Trinajstić information content (AvgIpc) is 3.13. The van der Waals surface area contributed by atoms with Crippen molar-refractivity contribution >= 4 is 39.0 Å². The van der Waals surface area contributed by atoms with Gasteiger partial charge in [0.1, 0.15) is 0 Å². The summed E-state index contributed by atoms with van der Waals surface area (Å²) in [4.78, 5) is 1.17. The van der Waals surface area contributed by atoms with Gasteiger partial charge in [-0.3, -0.25) is 0 Å². The number of thioether (sulfide) groups is 1. The van der Waals surface area contributed by atoms with E-state index in [2.05, 4.69) is 67.3 Å². The summed E-state index contributed by atoms with van der Waals surface area (Å²) < 4.78 is 3.28. The van der Waals surface area contributed by atoms with Gasteiger partial charge in [-0.15, -0.1) is 21.5 Å². The van der Waals surface area contributed by atoms with Gasteiger partial charge in [0.15, 0.2) is 11.0 Å². The van der Waals surface area contributed by atoms with E-state index in [0.29, 0.717) is 0 Å². The number of benzene rings is 1. The SMILES string of the molecule is CCn1c(SCc2cccc(Br)c2)nnc1-c1cccs1. The normalized spacial score (nSPS) is 11.0. The number of halogens is 1. The molecule has 0 aliphatic rings. The predicted molar refractivity (Wildman–Crippen MR) is 92.7 cm³/mol. The first-order valence-electron chi connectivity index (χ1n) is 6.62. The van der Waals surface area contributed by atoms with E-state index in [1.54, 1.807) is 23.1 Å². The second-order valence-corrected chi connectivity index (χ2v) is 7.25. The van der Waals surface area contributed by atoms with Crippen LogP contribution in [0, 0.1) is 0 Å². The molecule has 3 aromatic rings. The molecule has 0 fully saturated rings. The predicted octanol–water partition coefficient (Wildman–Crippen LogP) is 5.08. The molecule has 0 atom stereocenters. The average molecular weight is 380 g/mol. The van der Waals surface area contributed by atoms with Gasteiger partial charge in [-0.1, -0.05) is 45.9 Å². The number of thiophene rings is 1. The summed E-state index contributed by atoms with van der Waals surface area (Å²) in [5.74, 6) is 1.85. The molecule has 0 radical (unpaired) electrons. The Bertz CT molecular complexity index is 722. The molecule has 3 nitrogen and oxygen atoms in total.